The Labute approximate surface area is 180 Å². The highest BCUT2D eigenvalue weighted by atomic mass is 16.5. The highest BCUT2D eigenvalue weighted by Gasteiger charge is 2.32. The van der Waals surface area contributed by atoms with Crippen molar-refractivity contribution in [1.82, 2.24) is 14.7 Å². The number of hydrogen-bond donors (Lipinski definition) is 1. The highest BCUT2D eigenvalue weighted by Crippen LogP contribution is 2.24. The second-order valence-electron chi connectivity index (χ2n) is 8.59. The molecule has 0 radical (unpaired) electrons. The standard InChI is InChI=1S/C23H36N4O3/c1-17(2)20-7-5-6-8-21(20)24-22(28)18(3)25-9-11-26(12-10-25)19(4)23(29)27-13-15-30-16-14-27/h5-8,17-19H,9-16H2,1-4H3,(H,24,28). The molecule has 7 nitrogen and oxygen atoms in total. The number of para-hydroxylation sites is 1. The molecule has 2 atom stereocenters. The van der Waals surface area contributed by atoms with E-state index in [1.54, 1.807) is 0 Å². The minimum Gasteiger partial charge on any atom is -0.378 e. The Hall–Kier alpha value is -1.96. The quantitative estimate of drug-likeness (QED) is 0.769. The lowest BCUT2D eigenvalue weighted by Gasteiger charge is -2.41. The Balaban J connectivity index is 1.51. The summed E-state index contributed by atoms with van der Waals surface area (Å²) in [7, 11) is 0. The van der Waals surface area contributed by atoms with Crippen LogP contribution >= 0.6 is 0 Å². The van der Waals surface area contributed by atoms with E-state index in [1.165, 1.54) is 0 Å². The number of rotatable bonds is 6. The maximum absolute atomic E-state index is 12.9. The number of morpholine rings is 1. The van der Waals surface area contributed by atoms with Crippen LogP contribution in [0.25, 0.3) is 0 Å². The van der Waals surface area contributed by atoms with Crippen LogP contribution < -0.4 is 5.32 Å². The van der Waals surface area contributed by atoms with Crippen LogP contribution in [-0.2, 0) is 14.3 Å². The van der Waals surface area contributed by atoms with Gasteiger partial charge in [-0.2, -0.15) is 0 Å². The number of nitrogens with zero attached hydrogens (tertiary/aromatic N) is 3. The van der Waals surface area contributed by atoms with E-state index in [-0.39, 0.29) is 23.9 Å². The van der Waals surface area contributed by atoms with Crippen molar-refractivity contribution in [2.24, 2.45) is 0 Å². The maximum Gasteiger partial charge on any atom is 0.241 e. The van der Waals surface area contributed by atoms with Gasteiger partial charge in [-0.25, -0.2) is 0 Å². The average molecular weight is 417 g/mol. The molecule has 1 N–H and O–H groups in total. The van der Waals surface area contributed by atoms with Crippen LogP contribution in [0.15, 0.2) is 24.3 Å². The summed E-state index contributed by atoms with van der Waals surface area (Å²) in [4.78, 5) is 32.0. The molecule has 166 valence electrons. The third kappa shape index (κ3) is 5.39. The first kappa shape index (κ1) is 22.7. The normalized spacial score (nSPS) is 20.8. The van der Waals surface area contributed by atoms with Crippen LogP contribution in [0.5, 0.6) is 0 Å². The SMILES string of the molecule is CC(C)c1ccccc1NC(=O)C(C)N1CCN(C(C)C(=O)N2CCOCC2)CC1. The van der Waals surface area contributed by atoms with E-state index in [4.69, 9.17) is 4.74 Å². The van der Waals surface area contributed by atoms with Crippen molar-refractivity contribution in [3.63, 3.8) is 0 Å². The van der Waals surface area contributed by atoms with Gasteiger partial charge in [0.1, 0.15) is 0 Å². The van der Waals surface area contributed by atoms with Gasteiger partial charge in [-0.15, -0.1) is 0 Å². The summed E-state index contributed by atoms with van der Waals surface area (Å²) in [5.74, 6) is 0.558. The number of nitrogens with one attached hydrogen (secondary N) is 1. The largest absolute Gasteiger partial charge is 0.378 e. The average Bonchev–Trinajstić information content (AvgIpc) is 2.78. The van der Waals surface area contributed by atoms with Crippen LogP contribution in [0.1, 0.15) is 39.2 Å². The Morgan fingerprint density at radius 1 is 0.867 bits per heavy atom. The van der Waals surface area contributed by atoms with Gasteiger partial charge in [0.2, 0.25) is 11.8 Å². The van der Waals surface area contributed by atoms with Gasteiger partial charge in [-0.3, -0.25) is 19.4 Å². The van der Waals surface area contributed by atoms with Crippen molar-refractivity contribution in [2.45, 2.75) is 45.7 Å². The third-order valence-corrected chi connectivity index (χ3v) is 6.34. The van der Waals surface area contributed by atoms with E-state index in [9.17, 15) is 9.59 Å². The lowest BCUT2D eigenvalue weighted by molar-refractivity contribution is -0.141. The maximum atomic E-state index is 12.9. The molecule has 0 aromatic heterocycles. The number of ether oxygens (including phenoxy) is 1. The second kappa shape index (κ2) is 10.4. The number of hydrogen-bond acceptors (Lipinski definition) is 5. The van der Waals surface area contributed by atoms with E-state index >= 15 is 0 Å². The molecule has 7 heteroatoms. The smallest absolute Gasteiger partial charge is 0.241 e. The van der Waals surface area contributed by atoms with Crippen LogP contribution in [0.3, 0.4) is 0 Å². The molecular weight excluding hydrogens is 380 g/mol. The molecule has 2 fully saturated rings. The van der Waals surface area contributed by atoms with Crippen molar-refractivity contribution in [1.29, 1.82) is 0 Å². The summed E-state index contributed by atoms with van der Waals surface area (Å²) in [5.41, 5.74) is 2.05. The topological polar surface area (TPSA) is 65.1 Å². The van der Waals surface area contributed by atoms with Crippen molar-refractivity contribution in [2.75, 3.05) is 57.8 Å². The van der Waals surface area contributed by atoms with Gasteiger partial charge < -0.3 is 15.0 Å². The van der Waals surface area contributed by atoms with Gasteiger partial charge in [0, 0.05) is 45.0 Å². The van der Waals surface area contributed by atoms with Gasteiger partial charge in [0.05, 0.1) is 25.3 Å². The molecule has 2 unspecified atom stereocenters. The van der Waals surface area contributed by atoms with Crippen LogP contribution in [0.4, 0.5) is 5.69 Å². The van der Waals surface area contributed by atoms with Gasteiger partial charge in [0.15, 0.2) is 0 Å². The fraction of sp³-hybridized carbons (Fsp3) is 0.652. The lowest BCUT2D eigenvalue weighted by atomic mass is 10.0. The second-order valence-corrected chi connectivity index (χ2v) is 8.59. The predicted molar refractivity (Wildman–Crippen MR) is 119 cm³/mol. The number of carbonyl (C=O) groups is 2. The number of anilines is 1. The molecule has 0 aliphatic carbocycles. The van der Waals surface area contributed by atoms with Gasteiger partial charge in [0.25, 0.3) is 0 Å². The Bertz CT molecular complexity index is 725. The van der Waals surface area contributed by atoms with Crippen molar-refractivity contribution < 1.29 is 14.3 Å². The molecule has 2 heterocycles. The highest BCUT2D eigenvalue weighted by molar-refractivity contribution is 5.95. The van der Waals surface area contributed by atoms with Gasteiger partial charge in [-0.05, 0) is 31.4 Å². The summed E-state index contributed by atoms with van der Waals surface area (Å²) in [6.07, 6.45) is 0. The zero-order valence-electron chi connectivity index (χ0n) is 18.8. The monoisotopic (exact) mass is 416 g/mol. The Kier molecular flexibility index (Phi) is 7.86. The lowest BCUT2D eigenvalue weighted by Crippen LogP contribution is -2.58. The molecule has 0 spiro atoms. The summed E-state index contributed by atoms with van der Waals surface area (Å²) in [6.45, 7) is 14.0. The summed E-state index contributed by atoms with van der Waals surface area (Å²) >= 11 is 0. The molecule has 30 heavy (non-hydrogen) atoms. The fourth-order valence-electron chi connectivity index (χ4n) is 4.23. The number of piperazine rings is 1. The number of benzene rings is 1. The van der Waals surface area contributed by atoms with E-state index in [1.807, 2.05) is 36.9 Å². The molecule has 2 aliphatic heterocycles. The van der Waals surface area contributed by atoms with Crippen molar-refractivity contribution in [3.05, 3.63) is 29.8 Å². The molecule has 2 saturated heterocycles. The Morgan fingerprint density at radius 2 is 1.43 bits per heavy atom. The fourth-order valence-corrected chi connectivity index (χ4v) is 4.23. The molecule has 1 aromatic rings. The Morgan fingerprint density at radius 3 is 2.03 bits per heavy atom. The van der Waals surface area contributed by atoms with E-state index in [0.717, 1.165) is 37.4 Å². The molecule has 0 saturated carbocycles. The van der Waals surface area contributed by atoms with Crippen molar-refractivity contribution >= 4 is 17.5 Å². The molecule has 1 aromatic carbocycles. The first-order chi connectivity index (χ1) is 14.4. The molecule has 3 rings (SSSR count). The number of amides is 2. The number of carbonyl (C=O) groups excluding carboxylic acids is 2. The summed E-state index contributed by atoms with van der Waals surface area (Å²) < 4.78 is 5.35. The molecular formula is C23H36N4O3. The molecule has 2 amide bonds. The van der Waals surface area contributed by atoms with E-state index < -0.39 is 0 Å². The molecule has 2 aliphatic rings. The first-order valence-electron chi connectivity index (χ1n) is 11.1. The van der Waals surface area contributed by atoms with Crippen LogP contribution in [0.2, 0.25) is 0 Å². The predicted octanol–water partition coefficient (Wildman–Crippen LogP) is 2.00. The minimum atomic E-state index is -0.211. The summed E-state index contributed by atoms with van der Waals surface area (Å²) in [6, 6.07) is 7.66. The van der Waals surface area contributed by atoms with Crippen LogP contribution in [0, 0.1) is 0 Å². The van der Waals surface area contributed by atoms with Gasteiger partial charge >= 0.3 is 0 Å². The zero-order chi connectivity index (χ0) is 21.7. The van der Waals surface area contributed by atoms with Crippen LogP contribution in [-0.4, -0.2) is 91.1 Å². The van der Waals surface area contributed by atoms with E-state index in [0.29, 0.717) is 32.2 Å². The first-order valence-corrected chi connectivity index (χ1v) is 11.1. The minimum absolute atomic E-state index is 0.0222. The summed E-state index contributed by atoms with van der Waals surface area (Å²) in [5, 5.41) is 3.12. The molecule has 0 bridgehead atoms. The van der Waals surface area contributed by atoms with E-state index in [2.05, 4.69) is 35.0 Å². The third-order valence-electron chi connectivity index (χ3n) is 6.34. The van der Waals surface area contributed by atoms with Crippen molar-refractivity contribution in [3.8, 4) is 0 Å². The zero-order valence-corrected chi connectivity index (χ0v) is 18.8. The van der Waals surface area contributed by atoms with Gasteiger partial charge in [-0.1, -0.05) is 32.0 Å².